The molecule has 0 aromatic heterocycles. The third-order valence-electron chi connectivity index (χ3n) is 8.31. The highest BCUT2D eigenvalue weighted by Crippen LogP contribution is 2.50. The summed E-state index contributed by atoms with van der Waals surface area (Å²) in [5.74, 6) is -2.86. The highest BCUT2D eigenvalue weighted by atomic mass is 19.2. The van der Waals surface area contributed by atoms with Crippen molar-refractivity contribution in [1.29, 1.82) is 0 Å². The molecule has 2 heterocycles. The lowest BCUT2D eigenvalue weighted by Crippen LogP contribution is -2.73. The minimum atomic E-state index is -0.910. The third kappa shape index (κ3) is 4.88. The van der Waals surface area contributed by atoms with Crippen LogP contribution in [0.15, 0.2) is 30.3 Å². The highest BCUT2D eigenvalue weighted by molar-refractivity contribution is 5.85. The van der Waals surface area contributed by atoms with Crippen molar-refractivity contribution in [2.75, 3.05) is 19.6 Å². The van der Waals surface area contributed by atoms with Crippen LogP contribution in [-0.2, 0) is 16.0 Å². The fourth-order valence-corrected chi connectivity index (χ4v) is 6.08. The molecule has 2 aliphatic heterocycles. The Bertz CT molecular complexity index is 1290. The predicted molar refractivity (Wildman–Crippen MR) is 133 cm³/mol. The van der Waals surface area contributed by atoms with Crippen molar-refractivity contribution < 1.29 is 27.7 Å². The Morgan fingerprint density at radius 3 is 2.55 bits per heavy atom. The Balaban J connectivity index is 1.17. The number of amides is 2. The molecule has 1 aliphatic carbocycles. The predicted octanol–water partition coefficient (Wildman–Crippen LogP) is 5.04. The molecular weight excluding hydrogens is 499 g/mol. The third-order valence-corrected chi connectivity index (χ3v) is 8.31. The van der Waals surface area contributed by atoms with Gasteiger partial charge in [-0.05, 0) is 80.7 Å². The zero-order valence-electron chi connectivity index (χ0n) is 21.2. The average Bonchev–Trinajstić information content (AvgIpc) is 3.66. The van der Waals surface area contributed by atoms with Crippen molar-refractivity contribution >= 4 is 17.5 Å². The molecule has 2 amide bonds. The van der Waals surface area contributed by atoms with Gasteiger partial charge in [-0.25, -0.2) is 13.2 Å². The number of nitro benzene ring substituents is 1. The molecule has 0 radical (unpaired) electrons. The van der Waals surface area contributed by atoms with Gasteiger partial charge >= 0.3 is 0 Å². The molecule has 3 aliphatic rings. The maximum Gasteiger partial charge on any atom is 0.275 e. The molecule has 2 atom stereocenters. The van der Waals surface area contributed by atoms with Crippen LogP contribution in [0.2, 0.25) is 0 Å². The number of hydrogen-bond acceptors (Lipinski definition) is 4. The van der Waals surface area contributed by atoms with Crippen LogP contribution >= 0.6 is 0 Å². The summed E-state index contributed by atoms with van der Waals surface area (Å²) in [6, 6.07) is 6.20. The molecule has 0 bridgehead atoms. The van der Waals surface area contributed by atoms with Gasteiger partial charge in [-0.15, -0.1) is 0 Å². The lowest BCUT2D eigenvalue weighted by molar-refractivity contribution is -0.385. The number of nitro groups is 1. The van der Waals surface area contributed by atoms with Gasteiger partial charge in [0.05, 0.1) is 16.5 Å². The van der Waals surface area contributed by atoms with E-state index in [9.17, 15) is 32.9 Å². The first-order chi connectivity index (χ1) is 18.1. The molecule has 5 rings (SSSR count). The first-order valence-corrected chi connectivity index (χ1v) is 13.1. The Kier molecular flexibility index (Phi) is 6.92. The van der Waals surface area contributed by atoms with Gasteiger partial charge in [0.2, 0.25) is 11.8 Å². The lowest BCUT2D eigenvalue weighted by atomic mass is 9.79. The second-order valence-electron chi connectivity index (χ2n) is 10.9. The SMILES string of the molecule is Cc1cc(CCCC(=O)N2CC3(CCCCN3C(=O)C3CC3c3ccc(F)c(F)c3)C2)c([N+](=O)[O-])cc1F. The Morgan fingerprint density at radius 1 is 1.08 bits per heavy atom. The Morgan fingerprint density at radius 2 is 1.84 bits per heavy atom. The number of likely N-dealkylation sites (tertiary alicyclic amines) is 2. The lowest BCUT2D eigenvalue weighted by Gasteiger charge is -2.58. The Labute approximate surface area is 218 Å². The normalized spacial score (nSPS) is 21.8. The van der Waals surface area contributed by atoms with Crippen molar-refractivity contribution in [3.63, 3.8) is 0 Å². The fourth-order valence-electron chi connectivity index (χ4n) is 6.08. The molecule has 3 fully saturated rings. The summed E-state index contributed by atoms with van der Waals surface area (Å²) in [6.45, 7) is 3.08. The summed E-state index contributed by atoms with van der Waals surface area (Å²) in [5, 5.41) is 11.3. The second kappa shape index (κ2) is 10.0. The topological polar surface area (TPSA) is 83.8 Å². The minimum absolute atomic E-state index is 0.0190. The summed E-state index contributed by atoms with van der Waals surface area (Å²) in [5.41, 5.74) is 0.702. The zero-order chi connectivity index (χ0) is 27.2. The number of piperidine rings is 1. The first-order valence-electron chi connectivity index (χ1n) is 13.1. The van der Waals surface area contributed by atoms with E-state index in [1.807, 2.05) is 4.90 Å². The van der Waals surface area contributed by atoms with E-state index in [1.54, 1.807) is 11.8 Å². The maximum atomic E-state index is 13.8. The van der Waals surface area contributed by atoms with Gasteiger partial charge in [0.25, 0.3) is 5.69 Å². The first kappa shape index (κ1) is 26.2. The van der Waals surface area contributed by atoms with E-state index in [1.165, 1.54) is 18.2 Å². The van der Waals surface area contributed by atoms with Crippen LogP contribution in [0.3, 0.4) is 0 Å². The van der Waals surface area contributed by atoms with E-state index < -0.39 is 22.4 Å². The monoisotopic (exact) mass is 529 g/mol. The van der Waals surface area contributed by atoms with Gasteiger partial charge in [-0.1, -0.05) is 6.07 Å². The van der Waals surface area contributed by atoms with Crippen molar-refractivity contribution in [2.24, 2.45) is 5.92 Å². The summed E-state index contributed by atoms with van der Waals surface area (Å²) in [6.07, 6.45) is 4.17. The van der Waals surface area contributed by atoms with E-state index in [0.29, 0.717) is 55.6 Å². The molecule has 1 saturated carbocycles. The number of rotatable bonds is 7. The van der Waals surface area contributed by atoms with Crippen molar-refractivity contribution in [3.8, 4) is 0 Å². The smallest absolute Gasteiger partial charge is 0.275 e. The van der Waals surface area contributed by atoms with Crippen LogP contribution in [0.5, 0.6) is 0 Å². The molecule has 2 saturated heterocycles. The number of carbonyl (C=O) groups excluding carboxylic acids is 2. The van der Waals surface area contributed by atoms with Crippen LogP contribution in [0.4, 0.5) is 18.9 Å². The van der Waals surface area contributed by atoms with Gasteiger partial charge < -0.3 is 9.80 Å². The quantitative estimate of drug-likeness (QED) is 0.372. The minimum Gasteiger partial charge on any atom is -0.338 e. The molecule has 1 spiro atoms. The van der Waals surface area contributed by atoms with Crippen LogP contribution < -0.4 is 0 Å². The van der Waals surface area contributed by atoms with Gasteiger partial charge in [-0.2, -0.15) is 0 Å². The van der Waals surface area contributed by atoms with Crippen LogP contribution in [-0.4, -0.2) is 51.7 Å². The van der Waals surface area contributed by atoms with E-state index in [4.69, 9.17) is 0 Å². The standard InChI is InChI=1S/C28H30F3N3O4/c1-17-11-19(25(34(37)38)14-23(17)30)5-4-6-26(35)32-15-28(16-32)9-2-3-10-33(28)27(36)21-13-20(21)18-7-8-22(29)24(31)12-18/h7-8,11-12,14,20-21H,2-6,9-10,13,15-16H2,1H3. The maximum absolute atomic E-state index is 13.8. The van der Waals surface area contributed by atoms with E-state index >= 15 is 0 Å². The number of nitrogens with zero attached hydrogens (tertiary/aromatic N) is 3. The summed E-state index contributed by atoms with van der Waals surface area (Å²) in [7, 11) is 0. The molecule has 10 heteroatoms. The summed E-state index contributed by atoms with van der Waals surface area (Å²) >= 11 is 0. The number of hydrogen-bond donors (Lipinski definition) is 0. The largest absolute Gasteiger partial charge is 0.338 e. The molecule has 202 valence electrons. The summed E-state index contributed by atoms with van der Waals surface area (Å²) in [4.78, 5) is 40.6. The molecule has 0 N–H and O–H groups in total. The van der Waals surface area contributed by atoms with Gasteiger partial charge in [-0.3, -0.25) is 19.7 Å². The molecule has 2 aromatic rings. The van der Waals surface area contributed by atoms with Crippen molar-refractivity contribution in [1.82, 2.24) is 9.80 Å². The highest BCUT2D eigenvalue weighted by Gasteiger charge is 2.55. The average molecular weight is 530 g/mol. The molecule has 7 nitrogen and oxygen atoms in total. The van der Waals surface area contributed by atoms with Crippen LogP contribution in [0.1, 0.15) is 61.1 Å². The van der Waals surface area contributed by atoms with Gasteiger partial charge in [0.15, 0.2) is 11.6 Å². The van der Waals surface area contributed by atoms with Crippen molar-refractivity contribution in [3.05, 3.63) is 74.6 Å². The second-order valence-corrected chi connectivity index (χ2v) is 10.9. The Hall–Kier alpha value is -3.43. The van der Waals surface area contributed by atoms with E-state index in [2.05, 4.69) is 0 Å². The summed E-state index contributed by atoms with van der Waals surface area (Å²) < 4.78 is 40.7. The number of halogens is 3. The van der Waals surface area contributed by atoms with Gasteiger partial charge in [0, 0.05) is 37.5 Å². The molecule has 38 heavy (non-hydrogen) atoms. The van der Waals surface area contributed by atoms with E-state index in [0.717, 1.165) is 31.4 Å². The fraction of sp³-hybridized carbons (Fsp3) is 0.500. The van der Waals surface area contributed by atoms with Gasteiger partial charge in [0.1, 0.15) is 5.82 Å². The molecule has 2 aromatic carbocycles. The number of benzene rings is 2. The van der Waals surface area contributed by atoms with Crippen LogP contribution in [0.25, 0.3) is 0 Å². The van der Waals surface area contributed by atoms with Crippen molar-refractivity contribution in [2.45, 2.75) is 63.3 Å². The van der Waals surface area contributed by atoms with E-state index in [-0.39, 0.29) is 41.3 Å². The zero-order valence-corrected chi connectivity index (χ0v) is 21.2. The number of carbonyl (C=O) groups is 2. The number of aryl methyl sites for hydroxylation is 2. The van der Waals surface area contributed by atoms with Crippen LogP contribution in [0, 0.1) is 40.4 Å². The molecular formula is C28H30F3N3O4. The molecule has 2 unspecified atom stereocenters.